The zero-order chi connectivity index (χ0) is 13.4. The molecule has 0 aliphatic carbocycles. The third-order valence-electron chi connectivity index (χ3n) is 2.59. The van der Waals surface area contributed by atoms with E-state index in [0.717, 1.165) is 30.3 Å². The summed E-state index contributed by atoms with van der Waals surface area (Å²) in [4.78, 5) is 4.08. The average Bonchev–Trinajstić information content (AvgIpc) is 2.39. The minimum absolute atomic E-state index is 0.701. The first-order chi connectivity index (χ1) is 8.71. The summed E-state index contributed by atoms with van der Waals surface area (Å²) in [7, 11) is 3.60. The molecule has 1 aromatic carbocycles. The molecule has 1 aromatic rings. The van der Waals surface area contributed by atoms with Crippen LogP contribution in [0.2, 0.25) is 0 Å². The summed E-state index contributed by atoms with van der Waals surface area (Å²) in [6, 6.07) is 6.27. The van der Waals surface area contributed by atoms with Gasteiger partial charge in [0.2, 0.25) is 0 Å². The average molecular weight is 249 g/mol. The molecule has 0 spiro atoms. The van der Waals surface area contributed by atoms with Crippen molar-refractivity contribution in [3.05, 3.63) is 29.3 Å². The Kier molecular flexibility index (Phi) is 6.05. The Hall–Kier alpha value is -1.71. The van der Waals surface area contributed by atoms with Crippen LogP contribution in [-0.2, 0) is 6.54 Å². The first-order valence-electron chi connectivity index (χ1n) is 6.32. The monoisotopic (exact) mass is 249 g/mol. The van der Waals surface area contributed by atoms with Gasteiger partial charge in [-0.1, -0.05) is 19.1 Å². The van der Waals surface area contributed by atoms with Gasteiger partial charge in [0.25, 0.3) is 0 Å². The zero-order valence-corrected chi connectivity index (χ0v) is 11.7. The summed E-state index contributed by atoms with van der Waals surface area (Å²) in [6.07, 6.45) is 1.01. The van der Waals surface area contributed by atoms with Gasteiger partial charge in [-0.2, -0.15) is 0 Å². The number of ether oxygens (including phenoxy) is 1. The van der Waals surface area contributed by atoms with Gasteiger partial charge in [0.1, 0.15) is 5.75 Å². The van der Waals surface area contributed by atoms with Gasteiger partial charge in [0, 0.05) is 26.2 Å². The van der Waals surface area contributed by atoms with E-state index < -0.39 is 0 Å². The molecule has 0 saturated carbocycles. The van der Waals surface area contributed by atoms with E-state index in [4.69, 9.17) is 4.74 Å². The van der Waals surface area contributed by atoms with Crippen molar-refractivity contribution in [2.45, 2.75) is 26.8 Å². The molecule has 0 aliphatic heterocycles. The fraction of sp³-hybridized carbons (Fsp3) is 0.500. The highest BCUT2D eigenvalue weighted by Crippen LogP contribution is 2.20. The van der Waals surface area contributed by atoms with E-state index in [1.54, 1.807) is 7.05 Å². The van der Waals surface area contributed by atoms with Gasteiger partial charge in [-0.15, -0.1) is 0 Å². The SMILES string of the molecule is CCCOc1cc(C)ccc1CNC(=NC)NC. The summed E-state index contributed by atoms with van der Waals surface area (Å²) in [5.41, 5.74) is 2.35. The zero-order valence-electron chi connectivity index (χ0n) is 11.7. The maximum Gasteiger partial charge on any atom is 0.190 e. The predicted molar refractivity (Wildman–Crippen MR) is 76.2 cm³/mol. The molecule has 0 bridgehead atoms. The lowest BCUT2D eigenvalue weighted by Gasteiger charge is -2.14. The fourth-order valence-corrected chi connectivity index (χ4v) is 1.61. The van der Waals surface area contributed by atoms with Crippen LogP contribution >= 0.6 is 0 Å². The lowest BCUT2D eigenvalue weighted by molar-refractivity contribution is 0.313. The van der Waals surface area contributed by atoms with Crippen molar-refractivity contribution in [1.29, 1.82) is 0 Å². The standard InChI is InChI=1S/C14H23N3O/c1-5-8-18-13-9-11(2)6-7-12(13)10-17-14(15-3)16-4/h6-7,9H,5,8,10H2,1-4H3,(H2,15,16,17). The summed E-state index contributed by atoms with van der Waals surface area (Å²) in [5.74, 6) is 1.73. The molecule has 0 aliphatic rings. The Morgan fingerprint density at radius 3 is 2.78 bits per heavy atom. The quantitative estimate of drug-likeness (QED) is 0.620. The van der Waals surface area contributed by atoms with E-state index in [9.17, 15) is 0 Å². The normalized spacial score (nSPS) is 11.2. The maximum absolute atomic E-state index is 5.77. The van der Waals surface area contributed by atoms with Crippen LogP contribution < -0.4 is 15.4 Å². The molecule has 0 fully saturated rings. The molecule has 0 radical (unpaired) electrons. The smallest absolute Gasteiger partial charge is 0.190 e. The molecule has 2 N–H and O–H groups in total. The van der Waals surface area contributed by atoms with E-state index in [1.165, 1.54) is 5.56 Å². The Balaban J connectivity index is 2.74. The van der Waals surface area contributed by atoms with Crippen molar-refractivity contribution in [3.63, 3.8) is 0 Å². The van der Waals surface area contributed by atoms with Crippen LogP contribution in [0, 0.1) is 6.92 Å². The van der Waals surface area contributed by atoms with E-state index >= 15 is 0 Å². The van der Waals surface area contributed by atoms with Crippen LogP contribution in [0.15, 0.2) is 23.2 Å². The van der Waals surface area contributed by atoms with Crippen molar-refractivity contribution < 1.29 is 4.74 Å². The van der Waals surface area contributed by atoms with Crippen LogP contribution in [0.5, 0.6) is 5.75 Å². The van der Waals surface area contributed by atoms with Crippen molar-refractivity contribution in [2.24, 2.45) is 4.99 Å². The summed E-state index contributed by atoms with van der Waals surface area (Å²) >= 11 is 0. The van der Waals surface area contributed by atoms with Gasteiger partial charge in [0.15, 0.2) is 5.96 Å². The largest absolute Gasteiger partial charge is 0.493 e. The molecule has 4 nitrogen and oxygen atoms in total. The molecule has 0 aromatic heterocycles. The third kappa shape index (κ3) is 4.28. The van der Waals surface area contributed by atoms with Crippen molar-refractivity contribution >= 4 is 5.96 Å². The van der Waals surface area contributed by atoms with E-state index in [-0.39, 0.29) is 0 Å². The number of hydrogen-bond donors (Lipinski definition) is 2. The second-order valence-corrected chi connectivity index (χ2v) is 4.14. The molecule has 0 amide bonds. The number of benzene rings is 1. The lowest BCUT2D eigenvalue weighted by Crippen LogP contribution is -2.34. The minimum atomic E-state index is 0.701. The molecular formula is C14H23N3O. The van der Waals surface area contributed by atoms with Crippen LogP contribution in [0.3, 0.4) is 0 Å². The summed E-state index contributed by atoms with van der Waals surface area (Å²) in [6.45, 7) is 5.63. The summed E-state index contributed by atoms with van der Waals surface area (Å²) in [5, 5.41) is 6.22. The molecule has 100 valence electrons. The lowest BCUT2D eigenvalue weighted by atomic mass is 10.1. The molecule has 0 unspecified atom stereocenters. The highest BCUT2D eigenvalue weighted by atomic mass is 16.5. The Morgan fingerprint density at radius 2 is 2.17 bits per heavy atom. The second kappa shape index (κ2) is 7.58. The molecule has 18 heavy (non-hydrogen) atoms. The van der Waals surface area contributed by atoms with Crippen LogP contribution in [0.4, 0.5) is 0 Å². The van der Waals surface area contributed by atoms with Gasteiger partial charge in [0.05, 0.1) is 6.61 Å². The molecule has 1 rings (SSSR count). The maximum atomic E-state index is 5.77. The molecular weight excluding hydrogens is 226 g/mol. The fourth-order valence-electron chi connectivity index (χ4n) is 1.61. The Bertz CT molecular complexity index is 402. The van der Waals surface area contributed by atoms with E-state index in [2.05, 4.69) is 47.7 Å². The first-order valence-corrected chi connectivity index (χ1v) is 6.32. The van der Waals surface area contributed by atoms with Gasteiger partial charge >= 0.3 is 0 Å². The molecule has 0 saturated heterocycles. The van der Waals surface area contributed by atoms with Gasteiger partial charge < -0.3 is 15.4 Å². The topological polar surface area (TPSA) is 45.6 Å². The Morgan fingerprint density at radius 1 is 1.39 bits per heavy atom. The molecule has 4 heteroatoms. The van der Waals surface area contributed by atoms with E-state index in [1.807, 2.05) is 7.05 Å². The predicted octanol–water partition coefficient (Wildman–Crippen LogP) is 2.08. The highest BCUT2D eigenvalue weighted by molar-refractivity contribution is 5.79. The molecule has 0 heterocycles. The number of hydrogen-bond acceptors (Lipinski definition) is 2. The second-order valence-electron chi connectivity index (χ2n) is 4.14. The van der Waals surface area contributed by atoms with Crippen LogP contribution in [-0.4, -0.2) is 26.7 Å². The number of aliphatic imine (C=N–C) groups is 1. The Labute approximate surface area is 109 Å². The van der Waals surface area contributed by atoms with Crippen LogP contribution in [0.1, 0.15) is 24.5 Å². The van der Waals surface area contributed by atoms with Crippen LogP contribution in [0.25, 0.3) is 0 Å². The molecule has 0 atom stereocenters. The third-order valence-corrected chi connectivity index (χ3v) is 2.59. The highest BCUT2D eigenvalue weighted by Gasteiger charge is 2.04. The number of aryl methyl sites for hydroxylation is 1. The minimum Gasteiger partial charge on any atom is -0.493 e. The van der Waals surface area contributed by atoms with E-state index in [0.29, 0.717) is 6.54 Å². The number of rotatable bonds is 5. The van der Waals surface area contributed by atoms with Crippen molar-refractivity contribution in [3.8, 4) is 5.75 Å². The van der Waals surface area contributed by atoms with Crippen molar-refractivity contribution in [1.82, 2.24) is 10.6 Å². The number of nitrogens with one attached hydrogen (secondary N) is 2. The first kappa shape index (κ1) is 14.4. The van der Waals surface area contributed by atoms with Gasteiger partial charge in [-0.3, -0.25) is 4.99 Å². The summed E-state index contributed by atoms with van der Waals surface area (Å²) < 4.78 is 5.77. The number of nitrogens with zero attached hydrogens (tertiary/aromatic N) is 1. The van der Waals surface area contributed by atoms with Gasteiger partial charge in [-0.05, 0) is 25.0 Å². The van der Waals surface area contributed by atoms with Crippen molar-refractivity contribution in [2.75, 3.05) is 20.7 Å². The van der Waals surface area contributed by atoms with Gasteiger partial charge in [-0.25, -0.2) is 0 Å². The number of guanidine groups is 1.